The lowest BCUT2D eigenvalue weighted by atomic mass is 9.75. The molecule has 3 aliphatic heterocycles. The SMILES string of the molecule is CCN1CC[C@]2(C(=O)N3CCOCC3)CCN(C(=O)Nc3cccc(Cl)c3)CC[C@H]12. The Labute approximate surface area is 183 Å². The Hall–Kier alpha value is -1.83. The van der Waals surface area contributed by atoms with Crippen LogP contribution in [-0.2, 0) is 9.53 Å². The number of hydrogen-bond donors (Lipinski definition) is 1. The summed E-state index contributed by atoms with van der Waals surface area (Å²) in [7, 11) is 0. The van der Waals surface area contributed by atoms with Crippen LogP contribution in [0.4, 0.5) is 10.5 Å². The number of likely N-dealkylation sites (tertiary alicyclic amines) is 2. The third-order valence-electron chi connectivity index (χ3n) is 6.92. The lowest BCUT2D eigenvalue weighted by Gasteiger charge is -2.40. The Morgan fingerprint density at radius 3 is 2.63 bits per heavy atom. The first-order chi connectivity index (χ1) is 14.5. The van der Waals surface area contributed by atoms with Crippen molar-refractivity contribution in [2.45, 2.75) is 32.2 Å². The van der Waals surface area contributed by atoms with E-state index in [4.69, 9.17) is 16.3 Å². The number of rotatable bonds is 3. The predicted molar refractivity (Wildman–Crippen MR) is 117 cm³/mol. The summed E-state index contributed by atoms with van der Waals surface area (Å²) in [4.78, 5) is 32.9. The van der Waals surface area contributed by atoms with Crippen LogP contribution in [0.1, 0.15) is 26.2 Å². The van der Waals surface area contributed by atoms with Crippen molar-refractivity contribution in [1.82, 2.24) is 14.7 Å². The van der Waals surface area contributed by atoms with E-state index < -0.39 is 5.41 Å². The summed E-state index contributed by atoms with van der Waals surface area (Å²) in [6.45, 7) is 7.81. The van der Waals surface area contributed by atoms with Gasteiger partial charge in [0.2, 0.25) is 5.91 Å². The average molecular weight is 435 g/mol. The van der Waals surface area contributed by atoms with Gasteiger partial charge < -0.3 is 19.9 Å². The molecule has 3 aliphatic rings. The number of nitrogens with zero attached hydrogens (tertiary/aromatic N) is 3. The number of benzene rings is 1. The summed E-state index contributed by atoms with van der Waals surface area (Å²) in [5.41, 5.74) is 0.282. The van der Waals surface area contributed by atoms with E-state index in [-0.39, 0.29) is 18.0 Å². The topological polar surface area (TPSA) is 65.1 Å². The number of amides is 3. The minimum Gasteiger partial charge on any atom is -0.378 e. The molecule has 1 aromatic carbocycles. The molecule has 0 aromatic heterocycles. The maximum atomic E-state index is 13.7. The molecule has 0 aliphatic carbocycles. The first-order valence-electron chi connectivity index (χ1n) is 11.0. The molecule has 8 heteroatoms. The monoisotopic (exact) mass is 434 g/mol. The van der Waals surface area contributed by atoms with Crippen LogP contribution >= 0.6 is 11.6 Å². The van der Waals surface area contributed by atoms with Crippen LogP contribution < -0.4 is 5.32 Å². The second-order valence-electron chi connectivity index (χ2n) is 8.42. The number of halogens is 1. The Morgan fingerprint density at radius 1 is 1.13 bits per heavy atom. The molecule has 3 amide bonds. The lowest BCUT2D eigenvalue weighted by molar-refractivity contribution is -0.148. The zero-order valence-corrected chi connectivity index (χ0v) is 18.4. The number of hydrogen-bond acceptors (Lipinski definition) is 4. The molecule has 30 heavy (non-hydrogen) atoms. The molecule has 0 spiro atoms. The van der Waals surface area contributed by atoms with E-state index in [1.807, 2.05) is 21.9 Å². The van der Waals surface area contributed by atoms with Gasteiger partial charge in [-0.15, -0.1) is 0 Å². The van der Waals surface area contributed by atoms with E-state index in [0.717, 1.165) is 25.9 Å². The fourth-order valence-corrected chi connectivity index (χ4v) is 5.47. The maximum Gasteiger partial charge on any atom is 0.321 e. The minimum absolute atomic E-state index is 0.130. The normalized spacial score (nSPS) is 27.5. The van der Waals surface area contributed by atoms with Crippen LogP contribution in [0.15, 0.2) is 24.3 Å². The highest BCUT2D eigenvalue weighted by Crippen LogP contribution is 2.45. The first kappa shape index (κ1) is 21.4. The number of ether oxygens (including phenoxy) is 1. The Bertz CT molecular complexity index is 785. The summed E-state index contributed by atoms with van der Waals surface area (Å²) in [5, 5.41) is 3.54. The van der Waals surface area contributed by atoms with Gasteiger partial charge >= 0.3 is 6.03 Å². The molecule has 1 aromatic rings. The Balaban J connectivity index is 1.50. The average Bonchev–Trinajstić information content (AvgIpc) is 3.00. The fraction of sp³-hybridized carbons (Fsp3) is 0.636. The van der Waals surface area contributed by atoms with Crippen molar-refractivity contribution >= 4 is 29.2 Å². The highest BCUT2D eigenvalue weighted by atomic mass is 35.5. The van der Waals surface area contributed by atoms with Crippen molar-refractivity contribution in [3.63, 3.8) is 0 Å². The zero-order valence-electron chi connectivity index (χ0n) is 17.6. The van der Waals surface area contributed by atoms with Gasteiger partial charge in [-0.25, -0.2) is 4.79 Å². The summed E-state index contributed by atoms with van der Waals surface area (Å²) < 4.78 is 5.45. The number of urea groups is 1. The van der Waals surface area contributed by atoms with E-state index in [2.05, 4.69) is 17.1 Å². The molecule has 0 bridgehead atoms. The third-order valence-corrected chi connectivity index (χ3v) is 7.15. The largest absolute Gasteiger partial charge is 0.378 e. The van der Waals surface area contributed by atoms with E-state index in [9.17, 15) is 9.59 Å². The van der Waals surface area contributed by atoms with Gasteiger partial charge in [-0.3, -0.25) is 9.69 Å². The predicted octanol–water partition coefficient (Wildman–Crippen LogP) is 2.91. The molecule has 7 nitrogen and oxygen atoms in total. The summed E-state index contributed by atoms with van der Waals surface area (Å²) in [6, 6.07) is 7.23. The molecule has 164 valence electrons. The van der Waals surface area contributed by atoms with Gasteiger partial charge in [0.15, 0.2) is 0 Å². The van der Waals surface area contributed by atoms with Crippen molar-refractivity contribution in [2.24, 2.45) is 5.41 Å². The minimum atomic E-state index is -0.404. The maximum absolute atomic E-state index is 13.7. The lowest BCUT2D eigenvalue weighted by Crippen LogP contribution is -2.53. The molecule has 0 saturated carbocycles. The molecule has 3 saturated heterocycles. The third kappa shape index (κ3) is 4.15. The molecule has 0 radical (unpaired) electrons. The quantitative estimate of drug-likeness (QED) is 0.794. The van der Waals surface area contributed by atoms with E-state index in [1.54, 1.807) is 12.1 Å². The van der Waals surface area contributed by atoms with Gasteiger partial charge in [-0.2, -0.15) is 0 Å². The molecule has 2 atom stereocenters. The van der Waals surface area contributed by atoms with Crippen molar-refractivity contribution in [3.05, 3.63) is 29.3 Å². The molecule has 1 N–H and O–H groups in total. The number of carbonyl (C=O) groups excluding carboxylic acids is 2. The van der Waals surface area contributed by atoms with Gasteiger partial charge in [0.1, 0.15) is 0 Å². The molecule has 3 heterocycles. The smallest absolute Gasteiger partial charge is 0.321 e. The van der Waals surface area contributed by atoms with Gasteiger partial charge in [-0.05, 0) is 50.6 Å². The second-order valence-corrected chi connectivity index (χ2v) is 8.86. The Morgan fingerprint density at radius 2 is 1.90 bits per heavy atom. The van der Waals surface area contributed by atoms with Crippen LogP contribution in [0, 0.1) is 5.41 Å². The summed E-state index contributed by atoms with van der Waals surface area (Å²) in [6.07, 6.45) is 2.38. The zero-order chi connectivity index (χ0) is 21.1. The van der Waals surface area contributed by atoms with Crippen molar-refractivity contribution in [1.29, 1.82) is 0 Å². The number of morpholine rings is 1. The van der Waals surface area contributed by atoms with Crippen LogP contribution in [0.25, 0.3) is 0 Å². The van der Waals surface area contributed by atoms with E-state index >= 15 is 0 Å². The van der Waals surface area contributed by atoms with E-state index in [1.165, 1.54) is 0 Å². The van der Waals surface area contributed by atoms with Crippen molar-refractivity contribution < 1.29 is 14.3 Å². The number of carbonyl (C=O) groups is 2. The first-order valence-corrected chi connectivity index (χ1v) is 11.3. The molecular formula is C22H31ClN4O3. The number of nitrogens with one attached hydrogen (secondary N) is 1. The van der Waals surface area contributed by atoms with E-state index in [0.29, 0.717) is 56.5 Å². The fourth-order valence-electron chi connectivity index (χ4n) is 5.28. The van der Waals surface area contributed by atoms with Gasteiger partial charge in [0.05, 0.1) is 18.6 Å². The highest BCUT2D eigenvalue weighted by molar-refractivity contribution is 6.30. The number of fused-ring (bicyclic) bond motifs is 1. The molecule has 3 fully saturated rings. The molecule has 4 rings (SSSR count). The van der Waals surface area contributed by atoms with Gasteiger partial charge in [0.25, 0.3) is 0 Å². The number of anilines is 1. The van der Waals surface area contributed by atoms with Crippen LogP contribution in [0.2, 0.25) is 5.02 Å². The van der Waals surface area contributed by atoms with Gasteiger partial charge in [-0.1, -0.05) is 24.6 Å². The van der Waals surface area contributed by atoms with Crippen LogP contribution in [-0.4, -0.2) is 85.2 Å². The van der Waals surface area contributed by atoms with Crippen molar-refractivity contribution in [2.75, 3.05) is 57.8 Å². The Kier molecular flexibility index (Phi) is 6.51. The highest BCUT2D eigenvalue weighted by Gasteiger charge is 2.54. The van der Waals surface area contributed by atoms with Crippen LogP contribution in [0.3, 0.4) is 0 Å². The summed E-state index contributed by atoms with van der Waals surface area (Å²) in [5.74, 6) is 0.254. The molecular weight excluding hydrogens is 404 g/mol. The van der Waals surface area contributed by atoms with Crippen LogP contribution in [0.5, 0.6) is 0 Å². The standard InChI is InChI=1S/C22H31ClN4O3/c1-2-25-10-7-22(20(28)26-12-14-30-15-13-26)8-11-27(9-6-19(22)25)21(29)24-18-5-3-4-17(23)16-18/h3-5,16,19H,2,6-15H2,1H3,(H,24,29)/t19-,22-/m0/s1. The second kappa shape index (κ2) is 9.12. The van der Waals surface area contributed by atoms with Gasteiger partial charge in [0, 0.05) is 42.9 Å². The van der Waals surface area contributed by atoms with Crippen molar-refractivity contribution in [3.8, 4) is 0 Å². The summed E-state index contributed by atoms with van der Waals surface area (Å²) >= 11 is 6.04. The molecule has 0 unspecified atom stereocenters.